The van der Waals surface area contributed by atoms with Gasteiger partial charge in [-0.2, -0.15) is 0 Å². The van der Waals surface area contributed by atoms with Crippen LogP contribution in [-0.2, 0) is 0 Å². The highest BCUT2D eigenvalue weighted by atomic mass is 16.3. The predicted molar refractivity (Wildman–Crippen MR) is 200 cm³/mol. The Kier molecular flexibility index (Phi) is 5.64. The van der Waals surface area contributed by atoms with Gasteiger partial charge in [0, 0.05) is 10.8 Å². The van der Waals surface area contributed by atoms with E-state index in [4.69, 9.17) is 4.42 Å². The normalized spacial score (nSPS) is 11.8. The molecule has 0 saturated carbocycles. The van der Waals surface area contributed by atoms with Crippen molar-refractivity contribution in [3.63, 3.8) is 0 Å². The molecule has 0 aliphatic heterocycles. The van der Waals surface area contributed by atoms with Crippen LogP contribution in [0.15, 0.2) is 174 Å². The van der Waals surface area contributed by atoms with Crippen molar-refractivity contribution in [2.75, 3.05) is 0 Å². The van der Waals surface area contributed by atoms with E-state index in [2.05, 4.69) is 170 Å². The van der Waals surface area contributed by atoms with Gasteiger partial charge in [0.2, 0.25) is 0 Å². The van der Waals surface area contributed by atoms with Gasteiger partial charge in [0.05, 0.1) is 0 Å². The first kappa shape index (κ1) is 26.1. The fourth-order valence-electron chi connectivity index (χ4n) is 7.83. The molecule has 47 heavy (non-hydrogen) atoms. The molecule has 0 radical (unpaired) electrons. The number of rotatable bonds is 3. The van der Waals surface area contributed by atoms with Crippen LogP contribution >= 0.6 is 0 Å². The summed E-state index contributed by atoms with van der Waals surface area (Å²) >= 11 is 0. The summed E-state index contributed by atoms with van der Waals surface area (Å²) in [6.07, 6.45) is 0. The molecule has 0 atom stereocenters. The zero-order valence-electron chi connectivity index (χ0n) is 25.6. The molecule has 1 nitrogen and oxygen atoms in total. The van der Waals surface area contributed by atoms with Crippen LogP contribution in [0.5, 0.6) is 0 Å². The molecular weight excluding hydrogens is 569 g/mol. The molecule has 1 heteroatoms. The topological polar surface area (TPSA) is 13.1 Å². The first-order chi connectivity index (χ1) is 23.3. The van der Waals surface area contributed by atoms with Gasteiger partial charge in [-0.3, -0.25) is 0 Å². The Morgan fingerprint density at radius 2 is 0.809 bits per heavy atom. The largest absolute Gasteiger partial charge is 0.456 e. The summed E-state index contributed by atoms with van der Waals surface area (Å²) in [4.78, 5) is 0. The van der Waals surface area contributed by atoms with Crippen LogP contribution in [0, 0.1) is 0 Å². The van der Waals surface area contributed by atoms with Gasteiger partial charge < -0.3 is 4.42 Å². The minimum Gasteiger partial charge on any atom is -0.456 e. The van der Waals surface area contributed by atoms with E-state index in [0.29, 0.717) is 0 Å². The molecule has 10 aromatic rings. The molecule has 0 unspecified atom stereocenters. The van der Waals surface area contributed by atoms with Gasteiger partial charge in [0.1, 0.15) is 11.2 Å². The summed E-state index contributed by atoms with van der Waals surface area (Å²) in [7, 11) is 0. The van der Waals surface area contributed by atoms with Gasteiger partial charge in [0.15, 0.2) is 0 Å². The summed E-state index contributed by atoms with van der Waals surface area (Å²) in [6.45, 7) is 0. The van der Waals surface area contributed by atoms with Crippen LogP contribution < -0.4 is 0 Å². The van der Waals surface area contributed by atoms with Crippen LogP contribution in [0.3, 0.4) is 0 Å². The van der Waals surface area contributed by atoms with E-state index in [-0.39, 0.29) is 0 Å². The fraction of sp³-hybridized carbons (Fsp3) is 0. The first-order valence-corrected chi connectivity index (χ1v) is 16.2. The maximum Gasteiger partial charge on any atom is 0.136 e. The van der Waals surface area contributed by atoms with Crippen molar-refractivity contribution in [1.82, 2.24) is 0 Å². The van der Waals surface area contributed by atoms with E-state index < -0.39 is 0 Å². The lowest BCUT2D eigenvalue weighted by molar-refractivity contribution is 0.669. The van der Waals surface area contributed by atoms with Crippen LogP contribution in [0.25, 0.3) is 98.4 Å². The highest BCUT2D eigenvalue weighted by molar-refractivity contribution is 6.24. The monoisotopic (exact) mass is 596 g/mol. The third kappa shape index (κ3) is 3.90. The standard InChI is InChI=1S/C46H28O/c1-3-15-32-29(12-1)14-11-23-34(32)35-17-5-6-18-36(35)45-39-21-9-7-19-37(39)44(38-20-8-10-22-40(38)45)31-25-26-42-41(28-31)46-33-16-4-2-13-30(33)24-27-43(46)47-42/h1-28H. The lowest BCUT2D eigenvalue weighted by atomic mass is 9.83. The molecule has 9 aromatic carbocycles. The van der Waals surface area contributed by atoms with Gasteiger partial charge in [-0.05, 0) is 94.7 Å². The molecule has 0 amide bonds. The van der Waals surface area contributed by atoms with Crippen molar-refractivity contribution in [1.29, 1.82) is 0 Å². The maximum atomic E-state index is 6.39. The van der Waals surface area contributed by atoms with Crippen molar-refractivity contribution >= 4 is 65.0 Å². The van der Waals surface area contributed by atoms with Gasteiger partial charge in [-0.15, -0.1) is 0 Å². The molecule has 0 spiro atoms. The minimum absolute atomic E-state index is 0.911. The molecule has 0 saturated heterocycles. The van der Waals surface area contributed by atoms with Crippen molar-refractivity contribution in [2.45, 2.75) is 0 Å². The molecule has 1 aromatic heterocycles. The summed E-state index contributed by atoms with van der Waals surface area (Å²) < 4.78 is 6.39. The van der Waals surface area contributed by atoms with Crippen LogP contribution in [-0.4, -0.2) is 0 Å². The number of hydrogen-bond acceptors (Lipinski definition) is 1. The fourth-order valence-corrected chi connectivity index (χ4v) is 7.83. The number of benzene rings is 9. The minimum atomic E-state index is 0.911. The Morgan fingerprint density at radius 1 is 0.298 bits per heavy atom. The van der Waals surface area contributed by atoms with Crippen LogP contribution in [0.4, 0.5) is 0 Å². The van der Waals surface area contributed by atoms with Crippen molar-refractivity contribution in [2.24, 2.45) is 0 Å². The smallest absolute Gasteiger partial charge is 0.136 e. The third-order valence-corrected chi connectivity index (χ3v) is 9.86. The molecule has 0 aliphatic rings. The second-order valence-corrected chi connectivity index (χ2v) is 12.4. The molecule has 0 fully saturated rings. The van der Waals surface area contributed by atoms with Crippen molar-refractivity contribution < 1.29 is 4.42 Å². The third-order valence-electron chi connectivity index (χ3n) is 9.86. The summed E-state index contributed by atoms with van der Waals surface area (Å²) in [6, 6.07) is 61.6. The predicted octanol–water partition coefficient (Wildman–Crippen LogP) is 13.2. The molecule has 1 heterocycles. The molecule has 218 valence electrons. The van der Waals surface area contributed by atoms with E-state index >= 15 is 0 Å². The second-order valence-electron chi connectivity index (χ2n) is 12.4. The Balaban J connectivity index is 1.29. The van der Waals surface area contributed by atoms with Gasteiger partial charge >= 0.3 is 0 Å². The van der Waals surface area contributed by atoms with Gasteiger partial charge in [0.25, 0.3) is 0 Å². The SMILES string of the molecule is c1ccc(-c2c3ccccc3c(-c3ccc4oc5ccc6ccccc6c5c4c3)c3ccccc23)c(-c2cccc3ccccc23)c1. The maximum absolute atomic E-state index is 6.39. The highest BCUT2D eigenvalue weighted by Crippen LogP contribution is 2.47. The Morgan fingerprint density at radius 3 is 1.53 bits per heavy atom. The lowest BCUT2D eigenvalue weighted by Crippen LogP contribution is -1.93. The van der Waals surface area contributed by atoms with Crippen LogP contribution in [0.1, 0.15) is 0 Å². The summed E-state index contributed by atoms with van der Waals surface area (Å²) in [5.74, 6) is 0. The summed E-state index contributed by atoms with van der Waals surface area (Å²) in [5, 5.41) is 12.3. The second kappa shape index (κ2) is 10.2. The first-order valence-electron chi connectivity index (χ1n) is 16.2. The quantitative estimate of drug-likeness (QED) is 0.185. The zero-order chi connectivity index (χ0) is 30.9. The van der Waals surface area contributed by atoms with E-state index in [1.54, 1.807) is 0 Å². The number of hydrogen-bond donors (Lipinski definition) is 0. The van der Waals surface area contributed by atoms with E-state index in [1.807, 2.05) is 0 Å². The Hall–Kier alpha value is -6.18. The van der Waals surface area contributed by atoms with Gasteiger partial charge in [-0.25, -0.2) is 0 Å². The van der Waals surface area contributed by atoms with E-state index in [0.717, 1.165) is 16.6 Å². The average molecular weight is 597 g/mol. The van der Waals surface area contributed by atoms with Gasteiger partial charge in [-0.1, -0.05) is 152 Å². The Labute approximate surface area is 271 Å². The summed E-state index contributed by atoms with van der Waals surface area (Å²) in [5.41, 5.74) is 9.27. The number of fused-ring (bicyclic) bond motifs is 8. The lowest BCUT2D eigenvalue weighted by Gasteiger charge is -2.20. The molecule has 0 aliphatic carbocycles. The zero-order valence-corrected chi connectivity index (χ0v) is 25.6. The number of furan rings is 1. The molecular formula is C46H28O. The van der Waals surface area contributed by atoms with E-state index in [1.165, 1.54) is 81.9 Å². The van der Waals surface area contributed by atoms with Crippen molar-refractivity contribution in [3.8, 4) is 33.4 Å². The van der Waals surface area contributed by atoms with E-state index in [9.17, 15) is 0 Å². The van der Waals surface area contributed by atoms with Crippen LogP contribution in [0.2, 0.25) is 0 Å². The molecule has 0 N–H and O–H groups in total. The average Bonchev–Trinajstić information content (AvgIpc) is 3.52. The molecule has 10 rings (SSSR count). The molecule has 0 bridgehead atoms. The van der Waals surface area contributed by atoms with Crippen molar-refractivity contribution in [3.05, 3.63) is 170 Å². The Bertz CT molecular complexity index is 2790. The highest BCUT2D eigenvalue weighted by Gasteiger charge is 2.20.